The number of anilines is 1. The molecule has 0 aliphatic rings. The molecule has 1 atom stereocenters. The number of halogens is 4. The normalized spacial score (nSPS) is 12.5. The Bertz CT molecular complexity index is 981. The van der Waals surface area contributed by atoms with Gasteiger partial charge in [-0.25, -0.2) is 9.97 Å². The van der Waals surface area contributed by atoms with Crippen LogP contribution in [-0.4, -0.2) is 28.0 Å². The van der Waals surface area contributed by atoms with Gasteiger partial charge in [0.05, 0.1) is 15.4 Å². The second-order valence-electron chi connectivity index (χ2n) is 6.29. The summed E-state index contributed by atoms with van der Waals surface area (Å²) in [6.07, 6.45) is -4.11. The number of aliphatic hydroxyl groups is 1. The number of aryl methyl sites for hydroxylation is 1. The molecule has 3 rings (SSSR count). The molecule has 0 amide bonds. The lowest BCUT2D eigenvalue weighted by atomic mass is 10.1. The predicted molar refractivity (Wildman–Crippen MR) is 111 cm³/mol. The van der Waals surface area contributed by atoms with Crippen molar-refractivity contribution in [2.75, 3.05) is 11.9 Å². The van der Waals surface area contributed by atoms with Crippen molar-refractivity contribution < 1.29 is 23.0 Å². The molecule has 1 aromatic heterocycles. The van der Waals surface area contributed by atoms with Crippen LogP contribution < -0.4 is 10.1 Å². The maximum Gasteiger partial charge on any atom is 0.573 e. The summed E-state index contributed by atoms with van der Waals surface area (Å²) < 4.78 is 41.5. The van der Waals surface area contributed by atoms with E-state index in [0.29, 0.717) is 20.6 Å². The molecule has 152 valence electrons. The Morgan fingerprint density at radius 1 is 1.10 bits per heavy atom. The first-order chi connectivity index (χ1) is 13.7. The minimum Gasteiger partial charge on any atom is -0.405 e. The minimum atomic E-state index is -4.74. The lowest BCUT2D eigenvalue weighted by Crippen LogP contribution is -2.17. The Balaban J connectivity index is 1.70. The number of nitrogens with zero attached hydrogens (tertiary/aromatic N) is 2. The first kappa shape index (κ1) is 21.3. The molecule has 0 radical (unpaired) electrons. The van der Waals surface area contributed by atoms with Crippen LogP contribution in [0, 0.1) is 10.5 Å². The molecule has 0 aliphatic heterocycles. The second-order valence-corrected chi connectivity index (χ2v) is 7.45. The van der Waals surface area contributed by atoms with E-state index in [1.165, 1.54) is 18.5 Å². The number of aliphatic hydroxyl groups excluding tert-OH is 1. The van der Waals surface area contributed by atoms with Crippen LogP contribution in [0.25, 0.3) is 11.3 Å². The van der Waals surface area contributed by atoms with Crippen molar-refractivity contribution in [3.05, 3.63) is 69.6 Å². The van der Waals surface area contributed by atoms with Gasteiger partial charge in [-0.05, 0) is 53.3 Å². The average Bonchev–Trinajstić information content (AvgIpc) is 2.67. The van der Waals surface area contributed by atoms with E-state index in [1.54, 1.807) is 34.7 Å². The highest BCUT2D eigenvalue weighted by Crippen LogP contribution is 2.31. The first-order valence-corrected chi connectivity index (χ1v) is 9.65. The fourth-order valence-corrected chi connectivity index (χ4v) is 3.21. The van der Waals surface area contributed by atoms with Crippen molar-refractivity contribution in [1.82, 2.24) is 9.97 Å². The number of aromatic nitrogens is 2. The standard InChI is InChI=1S/C20H17F3IN3O2/c1-12-2-4-13(5-3-12)17(28)10-25-19-9-16(26-11-27-19)14-6-7-18(15(24)8-14)29-20(21,22)23/h2-9,11,17,28H,10H2,1H3,(H,25,26,27). The van der Waals surface area contributed by atoms with Crippen LogP contribution in [0.1, 0.15) is 17.2 Å². The molecular formula is C20H17F3IN3O2. The van der Waals surface area contributed by atoms with Crippen LogP contribution in [0.5, 0.6) is 5.75 Å². The number of hydrogen-bond donors (Lipinski definition) is 2. The zero-order valence-electron chi connectivity index (χ0n) is 15.2. The van der Waals surface area contributed by atoms with E-state index in [1.807, 2.05) is 31.2 Å². The molecule has 1 heterocycles. The molecule has 1 unspecified atom stereocenters. The molecule has 0 spiro atoms. The fraction of sp³-hybridized carbons (Fsp3) is 0.200. The van der Waals surface area contributed by atoms with Crippen LogP contribution in [0.2, 0.25) is 0 Å². The summed E-state index contributed by atoms with van der Waals surface area (Å²) in [7, 11) is 0. The smallest absolute Gasteiger partial charge is 0.405 e. The fourth-order valence-electron chi connectivity index (χ4n) is 2.59. The second kappa shape index (κ2) is 8.95. The van der Waals surface area contributed by atoms with Gasteiger partial charge in [-0.3, -0.25) is 0 Å². The summed E-state index contributed by atoms with van der Waals surface area (Å²) in [6.45, 7) is 2.22. The highest BCUT2D eigenvalue weighted by Gasteiger charge is 2.32. The SMILES string of the molecule is Cc1ccc(C(O)CNc2cc(-c3ccc(OC(F)(F)F)c(I)c3)ncn2)cc1. The third-order valence-electron chi connectivity index (χ3n) is 4.06. The Kier molecular flexibility index (Phi) is 6.58. The molecular weight excluding hydrogens is 498 g/mol. The summed E-state index contributed by atoms with van der Waals surface area (Å²) in [6, 6.07) is 13.5. The maximum absolute atomic E-state index is 12.4. The Morgan fingerprint density at radius 3 is 2.48 bits per heavy atom. The van der Waals surface area contributed by atoms with Crippen molar-refractivity contribution in [2.45, 2.75) is 19.4 Å². The Hall–Kier alpha value is -2.40. The Morgan fingerprint density at radius 2 is 1.83 bits per heavy atom. The van der Waals surface area contributed by atoms with Gasteiger partial charge < -0.3 is 15.2 Å². The van der Waals surface area contributed by atoms with Gasteiger partial charge in [0.25, 0.3) is 0 Å². The topological polar surface area (TPSA) is 67.3 Å². The van der Waals surface area contributed by atoms with Crippen LogP contribution in [-0.2, 0) is 0 Å². The van der Waals surface area contributed by atoms with E-state index in [4.69, 9.17) is 0 Å². The minimum absolute atomic E-state index is 0.245. The van der Waals surface area contributed by atoms with Gasteiger partial charge in [0.1, 0.15) is 17.9 Å². The van der Waals surface area contributed by atoms with Crippen molar-refractivity contribution in [1.29, 1.82) is 0 Å². The predicted octanol–water partition coefficient (Wildman–Crippen LogP) is 5.10. The van der Waals surface area contributed by atoms with Crippen LogP contribution in [0.4, 0.5) is 19.0 Å². The van der Waals surface area contributed by atoms with E-state index in [9.17, 15) is 18.3 Å². The summed E-state index contributed by atoms with van der Waals surface area (Å²) in [5, 5.41) is 13.4. The molecule has 9 heteroatoms. The average molecular weight is 515 g/mol. The van der Waals surface area contributed by atoms with Crippen LogP contribution in [0.3, 0.4) is 0 Å². The number of nitrogens with one attached hydrogen (secondary N) is 1. The third-order valence-corrected chi connectivity index (χ3v) is 4.90. The van der Waals surface area contributed by atoms with Crippen LogP contribution >= 0.6 is 22.6 Å². The van der Waals surface area contributed by atoms with Crippen molar-refractivity contribution >= 4 is 28.4 Å². The summed E-state index contributed by atoms with van der Waals surface area (Å²) in [5.74, 6) is 0.224. The lowest BCUT2D eigenvalue weighted by Gasteiger charge is -2.14. The third kappa shape index (κ3) is 6.04. The van der Waals surface area contributed by atoms with Crippen molar-refractivity contribution in [3.63, 3.8) is 0 Å². The molecule has 0 aliphatic carbocycles. The molecule has 29 heavy (non-hydrogen) atoms. The summed E-state index contributed by atoms with van der Waals surface area (Å²) in [5.41, 5.74) is 3.04. The number of alkyl halides is 3. The number of rotatable bonds is 6. The monoisotopic (exact) mass is 515 g/mol. The van der Waals surface area contributed by atoms with E-state index >= 15 is 0 Å². The molecule has 0 saturated carbocycles. The molecule has 0 fully saturated rings. The highest BCUT2D eigenvalue weighted by atomic mass is 127. The van der Waals surface area contributed by atoms with Crippen LogP contribution in [0.15, 0.2) is 54.9 Å². The molecule has 0 saturated heterocycles. The lowest BCUT2D eigenvalue weighted by molar-refractivity contribution is -0.274. The summed E-state index contributed by atoms with van der Waals surface area (Å²) in [4.78, 5) is 8.29. The molecule has 2 N–H and O–H groups in total. The van der Waals surface area contributed by atoms with Gasteiger partial charge >= 0.3 is 6.36 Å². The van der Waals surface area contributed by atoms with E-state index < -0.39 is 12.5 Å². The first-order valence-electron chi connectivity index (χ1n) is 8.57. The van der Waals surface area contributed by atoms with Gasteiger partial charge in [-0.1, -0.05) is 29.8 Å². The number of hydrogen-bond acceptors (Lipinski definition) is 5. The van der Waals surface area contributed by atoms with Gasteiger partial charge in [-0.2, -0.15) is 0 Å². The number of benzene rings is 2. The molecule has 0 bridgehead atoms. The molecule has 2 aromatic carbocycles. The van der Waals surface area contributed by atoms with Crippen molar-refractivity contribution in [3.8, 4) is 17.0 Å². The van der Waals surface area contributed by atoms with Crippen molar-refractivity contribution in [2.24, 2.45) is 0 Å². The zero-order valence-corrected chi connectivity index (χ0v) is 17.4. The number of ether oxygens (including phenoxy) is 1. The quantitative estimate of drug-likeness (QED) is 0.448. The van der Waals surface area contributed by atoms with E-state index in [0.717, 1.165) is 11.1 Å². The summed E-state index contributed by atoms with van der Waals surface area (Å²) >= 11 is 1.78. The largest absolute Gasteiger partial charge is 0.573 e. The molecule has 3 aromatic rings. The van der Waals surface area contributed by atoms with Gasteiger partial charge in [-0.15, -0.1) is 13.2 Å². The van der Waals surface area contributed by atoms with Gasteiger partial charge in [0.2, 0.25) is 0 Å². The van der Waals surface area contributed by atoms with Gasteiger partial charge in [0.15, 0.2) is 0 Å². The van der Waals surface area contributed by atoms with E-state index in [-0.39, 0.29) is 12.3 Å². The zero-order chi connectivity index (χ0) is 21.0. The maximum atomic E-state index is 12.4. The highest BCUT2D eigenvalue weighted by molar-refractivity contribution is 14.1. The van der Waals surface area contributed by atoms with Gasteiger partial charge in [0, 0.05) is 18.2 Å². The van der Waals surface area contributed by atoms with E-state index in [2.05, 4.69) is 20.0 Å². The molecule has 5 nitrogen and oxygen atoms in total. The Labute approximate surface area is 179 Å².